The smallest absolute Gasteiger partial charge is 0.283 e. The van der Waals surface area contributed by atoms with Crippen molar-refractivity contribution in [3.63, 3.8) is 0 Å². The Balaban J connectivity index is 1.65. The van der Waals surface area contributed by atoms with E-state index in [-0.39, 0.29) is 29.4 Å². The van der Waals surface area contributed by atoms with Crippen LogP contribution in [0.1, 0.15) is 11.3 Å². The monoisotopic (exact) mass is 427 g/mol. The van der Waals surface area contributed by atoms with Gasteiger partial charge in [0, 0.05) is 0 Å². The fourth-order valence-electron chi connectivity index (χ4n) is 2.81. The van der Waals surface area contributed by atoms with Crippen molar-refractivity contribution in [2.24, 2.45) is 5.10 Å². The molecule has 1 amide bonds. The Kier molecular flexibility index (Phi) is 6.61. The van der Waals surface area contributed by atoms with E-state index >= 15 is 0 Å². The van der Waals surface area contributed by atoms with E-state index in [1.165, 1.54) is 38.6 Å². The molecule has 9 nitrogen and oxygen atoms in total. The predicted molar refractivity (Wildman–Crippen MR) is 110 cm³/mol. The zero-order chi connectivity index (χ0) is 22.4. The zero-order valence-corrected chi connectivity index (χ0v) is 16.6. The van der Waals surface area contributed by atoms with E-state index in [1.807, 2.05) is 0 Å². The number of hydrogen-bond acceptors (Lipinski definition) is 7. The van der Waals surface area contributed by atoms with Crippen LogP contribution >= 0.6 is 0 Å². The maximum Gasteiger partial charge on any atom is 0.283 e. The molecule has 0 aliphatic carbocycles. The number of hydrazone groups is 1. The molecule has 1 aromatic heterocycles. The second-order valence-electron chi connectivity index (χ2n) is 6.28. The minimum atomic E-state index is -0.721. The third-order valence-electron chi connectivity index (χ3n) is 4.24. The van der Waals surface area contributed by atoms with Crippen molar-refractivity contribution in [1.82, 2.24) is 5.43 Å². The molecule has 0 aliphatic heterocycles. The molecule has 0 atom stereocenters. The lowest BCUT2D eigenvalue weighted by atomic mass is 10.1. The Labute approximate surface area is 176 Å². The number of nitrogens with one attached hydrogen (secondary N) is 1. The summed E-state index contributed by atoms with van der Waals surface area (Å²) >= 11 is 0. The SMILES string of the molecule is COc1ccc(CC(=O)N/N=C\c2ccc(-c3ccc(F)cc3[N+](=O)[O-])o2)cc1OC. The van der Waals surface area contributed by atoms with E-state index in [0.717, 1.165) is 12.1 Å². The largest absolute Gasteiger partial charge is 0.493 e. The minimum absolute atomic E-state index is 0.0584. The Morgan fingerprint density at radius 3 is 2.65 bits per heavy atom. The van der Waals surface area contributed by atoms with Crippen LogP contribution in [0.2, 0.25) is 0 Å². The number of nitrogens with zero attached hydrogens (tertiary/aromatic N) is 2. The van der Waals surface area contributed by atoms with Gasteiger partial charge in [-0.05, 0) is 42.0 Å². The van der Waals surface area contributed by atoms with E-state index < -0.39 is 16.4 Å². The Morgan fingerprint density at radius 1 is 1.16 bits per heavy atom. The maximum atomic E-state index is 13.3. The molecule has 3 rings (SSSR count). The number of nitro benzene ring substituents is 1. The minimum Gasteiger partial charge on any atom is -0.493 e. The van der Waals surface area contributed by atoms with Crippen LogP contribution in [0.3, 0.4) is 0 Å². The number of nitro groups is 1. The second kappa shape index (κ2) is 9.53. The van der Waals surface area contributed by atoms with Gasteiger partial charge in [0.15, 0.2) is 11.5 Å². The van der Waals surface area contributed by atoms with Crippen LogP contribution in [0.5, 0.6) is 11.5 Å². The highest BCUT2D eigenvalue weighted by molar-refractivity contribution is 5.82. The molecule has 0 saturated carbocycles. The van der Waals surface area contributed by atoms with E-state index in [4.69, 9.17) is 13.9 Å². The lowest BCUT2D eigenvalue weighted by molar-refractivity contribution is -0.384. The first-order valence-electron chi connectivity index (χ1n) is 8.98. The van der Waals surface area contributed by atoms with Crippen LogP contribution in [0.4, 0.5) is 10.1 Å². The van der Waals surface area contributed by atoms with Gasteiger partial charge < -0.3 is 13.9 Å². The topological polar surface area (TPSA) is 116 Å². The highest BCUT2D eigenvalue weighted by Gasteiger charge is 2.19. The van der Waals surface area contributed by atoms with E-state index in [1.54, 1.807) is 18.2 Å². The first-order valence-corrected chi connectivity index (χ1v) is 8.98. The van der Waals surface area contributed by atoms with Gasteiger partial charge in [-0.15, -0.1) is 0 Å². The number of ether oxygens (including phenoxy) is 2. The summed E-state index contributed by atoms with van der Waals surface area (Å²) < 4.78 is 29.2. The van der Waals surface area contributed by atoms with Crippen molar-refractivity contribution in [2.45, 2.75) is 6.42 Å². The molecule has 0 fully saturated rings. The molecule has 0 unspecified atom stereocenters. The van der Waals surface area contributed by atoms with Gasteiger partial charge in [0.05, 0.1) is 43.4 Å². The number of methoxy groups -OCH3 is 2. The Morgan fingerprint density at radius 2 is 1.94 bits per heavy atom. The van der Waals surface area contributed by atoms with Crippen LogP contribution in [0, 0.1) is 15.9 Å². The third-order valence-corrected chi connectivity index (χ3v) is 4.24. The summed E-state index contributed by atoms with van der Waals surface area (Å²) in [5, 5.41) is 15.0. The molecular weight excluding hydrogens is 409 g/mol. The molecule has 0 bridgehead atoms. The summed E-state index contributed by atoms with van der Waals surface area (Å²) in [6, 6.07) is 11.3. The van der Waals surface area contributed by atoms with Crippen molar-refractivity contribution in [1.29, 1.82) is 0 Å². The van der Waals surface area contributed by atoms with Crippen LogP contribution in [0.25, 0.3) is 11.3 Å². The number of amides is 1. The molecule has 1 heterocycles. The first kappa shape index (κ1) is 21.5. The molecule has 31 heavy (non-hydrogen) atoms. The molecule has 3 aromatic rings. The van der Waals surface area contributed by atoms with Crippen molar-refractivity contribution in [2.75, 3.05) is 14.2 Å². The molecular formula is C21H18FN3O6. The van der Waals surface area contributed by atoms with Gasteiger partial charge in [-0.1, -0.05) is 6.07 Å². The van der Waals surface area contributed by atoms with Gasteiger partial charge in [0.25, 0.3) is 5.69 Å². The number of carbonyl (C=O) groups is 1. The molecule has 0 saturated heterocycles. The number of furan rings is 1. The van der Waals surface area contributed by atoms with Gasteiger partial charge in [-0.25, -0.2) is 9.82 Å². The number of rotatable bonds is 8. The Bertz CT molecular complexity index is 1140. The summed E-state index contributed by atoms with van der Waals surface area (Å²) in [5.74, 6) is 0.393. The van der Waals surface area contributed by atoms with E-state index in [0.29, 0.717) is 17.1 Å². The van der Waals surface area contributed by atoms with E-state index in [2.05, 4.69) is 10.5 Å². The molecule has 1 N–H and O–H groups in total. The Hall–Kier alpha value is -4.21. The van der Waals surface area contributed by atoms with Gasteiger partial charge in [-0.2, -0.15) is 5.10 Å². The summed E-state index contributed by atoms with van der Waals surface area (Å²) in [5.41, 5.74) is 2.79. The number of hydrogen-bond donors (Lipinski definition) is 1. The zero-order valence-electron chi connectivity index (χ0n) is 16.6. The van der Waals surface area contributed by atoms with Crippen molar-refractivity contribution in [3.8, 4) is 22.8 Å². The van der Waals surface area contributed by atoms with Crippen LogP contribution in [-0.4, -0.2) is 31.3 Å². The highest BCUT2D eigenvalue weighted by Crippen LogP contribution is 2.31. The normalized spacial score (nSPS) is 10.8. The molecule has 2 aromatic carbocycles. The summed E-state index contributed by atoms with van der Waals surface area (Å²) in [6.07, 6.45) is 1.31. The van der Waals surface area contributed by atoms with Gasteiger partial charge in [0.1, 0.15) is 17.3 Å². The quantitative estimate of drug-likeness (QED) is 0.333. The summed E-state index contributed by atoms with van der Waals surface area (Å²) in [4.78, 5) is 22.5. The predicted octanol–water partition coefficient (Wildman–Crippen LogP) is 3.70. The van der Waals surface area contributed by atoms with Crippen molar-refractivity contribution < 1.29 is 28.0 Å². The average Bonchev–Trinajstić information content (AvgIpc) is 3.22. The lowest BCUT2D eigenvalue weighted by Crippen LogP contribution is -2.19. The molecule has 0 aliphatic rings. The third kappa shape index (κ3) is 5.24. The molecule has 10 heteroatoms. The van der Waals surface area contributed by atoms with Gasteiger partial charge in [0.2, 0.25) is 5.91 Å². The first-order chi connectivity index (χ1) is 14.9. The van der Waals surface area contributed by atoms with E-state index in [9.17, 15) is 19.3 Å². The second-order valence-corrected chi connectivity index (χ2v) is 6.28. The van der Waals surface area contributed by atoms with Crippen LogP contribution < -0.4 is 14.9 Å². The summed E-state index contributed by atoms with van der Waals surface area (Å²) in [7, 11) is 3.03. The number of halogens is 1. The van der Waals surface area contributed by atoms with Gasteiger partial charge >= 0.3 is 0 Å². The summed E-state index contributed by atoms with van der Waals surface area (Å²) in [6.45, 7) is 0. The van der Waals surface area contributed by atoms with Crippen LogP contribution in [0.15, 0.2) is 58.0 Å². The number of carbonyl (C=O) groups excluding carboxylic acids is 1. The molecule has 0 spiro atoms. The lowest BCUT2D eigenvalue weighted by Gasteiger charge is -2.09. The fraction of sp³-hybridized carbons (Fsp3) is 0.143. The van der Waals surface area contributed by atoms with Crippen molar-refractivity contribution >= 4 is 17.8 Å². The number of benzene rings is 2. The standard InChI is InChI=1S/C21H18FN3O6/c1-29-19-7-3-13(9-20(19)30-2)10-21(26)24-23-12-15-5-8-18(31-15)16-6-4-14(22)11-17(16)25(27)28/h3-9,11-12H,10H2,1-2H3,(H,24,26)/b23-12-. The molecule has 160 valence electrons. The highest BCUT2D eigenvalue weighted by atomic mass is 19.1. The maximum absolute atomic E-state index is 13.3. The van der Waals surface area contributed by atoms with Crippen molar-refractivity contribution in [3.05, 3.63) is 75.8 Å². The van der Waals surface area contributed by atoms with Crippen LogP contribution in [-0.2, 0) is 11.2 Å². The average molecular weight is 427 g/mol. The molecule has 0 radical (unpaired) electrons. The fourth-order valence-corrected chi connectivity index (χ4v) is 2.81. The van der Waals surface area contributed by atoms with Gasteiger partial charge in [-0.3, -0.25) is 14.9 Å².